The molecule has 1 unspecified atom stereocenters. The van der Waals surface area contributed by atoms with Gasteiger partial charge in [-0.25, -0.2) is 8.42 Å². The highest BCUT2D eigenvalue weighted by Gasteiger charge is 2.17. The van der Waals surface area contributed by atoms with Crippen LogP contribution >= 0.6 is 26.6 Å². The van der Waals surface area contributed by atoms with Crippen LogP contribution in [-0.4, -0.2) is 47.8 Å². The molecule has 1 atom stereocenters. The minimum atomic E-state index is -3.89. The number of nitrogens with one attached hydrogen (secondary N) is 1. The van der Waals surface area contributed by atoms with Gasteiger partial charge in [0.25, 0.3) is 15.0 Å². The number of hydrogen-bond donors (Lipinski definition) is 1. The van der Waals surface area contributed by atoms with Gasteiger partial charge in [0.1, 0.15) is 0 Å². The summed E-state index contributed by atoms with van der Waals surface area (Å²) >= 11 is 3.20. The third-order valence-corrected chi connectivity index (χ3v) is 4.68. The molecule has 118 valence electrons. The topological polar surface area (TPSA) is 81.7 Å². The molecule has 6 nitrogen and oxygen atoms in total. The first-order valence-corrected chi connectivity index (χ1v) is 8.94. The number of rotatable bonds is 7. The van der Waals surface area contributed by atoms with Crippen molar-refractivity contribution in [1.82, 2.24) is 5.32 Å². The van der Waals surface area contributed by atoms with Crippen LogP contribution in [0.1, 0.15) is 10.4 Å². The molecular weight excluding hydrogens is 386 g/mol. The fourth-order valence-electron chi connectivity index (χ4n) is 1.53. The van der Waals surface area contributed by atoms with Crippen LogP contribution in [0.4, 0.5) is 0 Å². The molecule has 0 bridgehead atoms. The van der Waals surface area contributed by atoms with E-state index >= 15 is 0 Å². The van der Waals surface area contributed by atoms with Crippen molar-refractivity contribution in [3.8, 4) is 0 Å². The van der Waals surface area contributed by atoms with E-state index in [-0.39, 0.29) is 23.1 Å². The summed E-state index contributed by atoms with van der Waals surface area (Å²) in [5.74, 6) is -0.442. The molecular formula is C12H15BrClNO5S. The zero-order valence-electron chi connectivity index (χ0n) is 11.4. The van der Waals surface area contributed by atoms with Gasteiger partial charge >= 0.3 is 0 Å². The number of methoxy groups -OCH3 is 2. The summed E-state index contributed by atoms with van der Waals surface area (Å²) < 4.78 is 33.1. The number of amides is 1. The summed E-state index contributed by atoms with van der Waals surface area (Å²) in [4.78, 5) is 12.0. The molecule has 0 saturated carbocycles. The standard InChI is InChI=1S/C12H15BrClNO5S/c1-19-7-8(20-2)6-15-12(16)10-5-9(21(14,17)18)3-4-11(10)13/h3-5,8H,6-7H2,1-2H3,(H,15,16). The lowest BCUT2D eigenvalue weighted by Gasteiger charge is -2.15. The SMILES string of the molecule is COCC(CNC(=O)c1cc(S(=O)(=O)Cl)ccc1Br)OC. The van der Waals surface area contributed by atoms with Crippen LogP contribution in [0.15, 0.2) is 27.6 Å². The van der Waals surface area contributed by atoms with Crippen LogP contribution in [-0.2, 0) is 18.5 Å². The molecule has 0 spiro atoms. The summed E-state index contributed by atoms with van der Waals surface area (Å²) in [6.07, 6.45) is -0.294. The highest BCUT2D eigenvalue weighted by Crippen LogP contribution is 2.23. The Morgan fingerprint density at radius 3 is 2.62 bits per heavy atom. The Balaban J connectivity index is 2.87. The molecule has 0 fully saturated rings. The molecule has 21 heavy (non-hydrogen) atoms. The molecule has 0 aliphatic heterocycles. The van der Waals surface area contributed by atoms with Gasteiger partial charge in [0.2, 0.25) is 0 Å². The zero-order chi connectivity index (χ0) is 16.0. The average Bonchev–Trinajstić information content (AvgIpc) is 2.42. The van der Waals surface area contributed by atoms with Crippen molar-refractivity contribution >= 4 is 41.6 Å². The third-order valence-electron chi connectivity index (χ3n) is 2.64. The molecule has 9 heteroatoms. The molecule has 0 aliphatic rings. The monoisotopic (exact) mass is 399 g/mol. The van der Waals surface area contributed by atoms with Crippen LogP contribution in [0.3, 0.4) is 0 Å². The lowest BCUT2D eigenvalue weighted by atomic mass is 10.2. The van der Waals surface area contributed by atoms with E-state index in [0.717, 1.165) is 0 Å². The number of hydrogen-bond acceptors (Lipinski definition) is 5. The quantitative estimate of drug-likeness (QED) is 0.705. The Hall–Kier alpha value is -0.670. The number of carbonyl (C=O) groups excluding carboxylic acids is 1. The van der Waals surface area contributed by atoms with Gasteiger partial charge in [0.05, 0.1) is 23.2 Å². The average molecular weight is 401 g/mol. The van der Waals surface area contributed by atoms with E-state index in [0.29, 0.717) is 11.1 Å². The molecule has 0 aliphatic carbocycles. The van der Waals surface area contributed by atoms with E-state index in [4.69, 9.17) is 20.2 Å². The van der Waals surface area contributed by atoms with Gasteiger partial charge in [0.15, 0.2) is 0 Å². The van der Waals surface area contributed by atoms with Crippen molar-refractivity contribution in [2.75, 3.05) is 27.4 Å². The molecule has 1 aromatic carbocycles. The lowest BCUT2D eigenvalue weighted by molar-refractivity contribution is 0.0285. The Bertz CT molecular complexity index is 608. The van der Waals surface area contributed by atoms with Gasteiger partial charge in [-0.2, -0.15) is 0 Å². The summed E-state index contributed by atoms with van der Waals surface area (Å²) in [5, 5.41) is 2.64. The lowest BCUT2D eigenvalue weighted by Crippen LogP contribution is -2.35. The first kappa shape index (κ1) is 18.4. The van der Waals surface area contributed by atoms with Gasteiger partial charge in [0, 0.05) is 35.9 Å². The van der Waals surface area contributed by atoms with Crippen molar-refractivity contribution in [3.05, 3.63) is 28.2 Å². The predicted molar refractivity (Wildman–Crippen MR) is 82.2 cm³/mol. The number of benzene rings is 1. The third kappa shape index (κ3) is 5.55. The maximum absolute atomic E-state index is 12.1. The van der Waals surface area contributed by atoms with Crippen LogP contribution < -0.4 is 5.32 Å². The Labute approximate surface area is 136 Å². The van der Waals surface area contributed by atoms with Gasteiger partial charge in [-0.1, -0.05) is 0 Å². The maximum atomic E-state index is 12.1. The van der Waals surface area contributed by atoms with E-state index in [1.165, 1.54) is 32.4 Å². The maximum Gasteiger partial charge on any atom is 0.261 e. The van der Waals surface area contributed by atoms with Crippen LogP contribution in [0.25, 0.3) is 0 Å². The van der Waals surface area contributed by atoms with E-state index in [9.17, 15) is 13.2 Å². The summed E-state index contributed by atoms with van der Waals surface area (Å²) in [5.41, 5.74) is 0.170. The second-order valence-electron chi connectivity index (χ2n) is 4.10. The molecule has 1 amide bonds. The van der Waals surface area contributed by atoms with Crippen molar-refractivity contribution in [1.29, 1.82) is 0 Å². The molecule has 0 heterocycles. The normalized spacial score (nSPS) is 13.0. The fraction of sp³-hybridized carbons (Fsp3) is 0.417. The van der Waals surface area contributed by atoms with Crippen molar-refractivity contribution < 1.29 is 22.7 Å². The zero-order valence-corrected chi connectivity index (χ0v) is 14.6. The summed E-state index contributed by atoms with van der Waals surface area (Å²) in [7, 11) is 4.41. The van der Waals surface area contributed by atoms with Crippen LogP contribution in [0, 0.1) is 0 Å². The number of carbonyl (C=O) groups is 1. The highest BCUT2D eigenvalue weighted by molar-refractivity contribution is 9.10. The van der Waals surface area contributed by atoms with E-state index < -0.39 is 15.0 Å². The van der Waals surface area contributed by atoms with Crippen LogP contribution in [0.2, 0.25) is 0 Å². The molecule has 1 aromatic rings. The molecule has 0 saturated heterocycles. The van der Waals surface area contributed by atoms with Crippen LogP contribution in [0.5, 0.6) is 0 Å². The van der Waals surface area contributed by atoms with Gasteiger partial charge in [-0.05, 0) is 34.1 Å². The second kappa shape index (κ2) is 8.09. The smallest absolute Gasteiger partial charge is 0.261 e. The minimum absolute atomic E-state index is 0.141. The summed E-state index contributed by atoms with van der Waals surface area (Å²) in [6.45, 7) is 0.557. The van der Waals surface area contributed by atoms with E-state index in [1.54, 1.807) is 0 Å². The van der Waals surface area contributed by atoms with Crippen molar-refractivity contribution in [2.45, 2.75) is 11.0 Å². The van der Waals surface area contributed by atoms with Gasteiger partial charge < -0.3 is 14.8 Å². The Morgan fingerprint density at radius 2 is 2.10 bits per heavy atom. The van der Waals surface area contributed by atoms with Gasteiger partial charge in [-0.3, -0.25) is 4.79 Å². The Kier molecular flexibility index (Phi) is 7.08. The second-order valence-corrected chi connectivity index (χ2v) is 7.52. The minimum Gasteiger partial charge on any atom is -0.382 e. The largest absolute Gasteiger partial charge is 0.382 e. The first-order valence-electron chi connectivity index (χ1n) is 5.83. The highest BCUT2D eigenvalue weighted by atomic mass is 79.9. The number of halogens is 2. The van der Waals surface area contributed by atoms with Gasteiger partial charge in [-0.15, -0.1) is 0 Å². The van der Waals surface area contributed by atoms with E-state index in [2.05, 4.69) is 21.2 Å². The van der Waals surface area contributed by atoms with Crippen molar-refractivity contribution in [3.63, 3.8) is 0 Å². The van der Waals surface area contributed by atoms with Crippen molar-refractivity contribution in [2.24, 2.45) is 0 Å². The van der Waals surface area contributed by atoms with E-state index in [1.807, 2.05) is 0 Å². The first-order chi connectivity index (χ1) is 9.79. The predicted octanol–water partition coefficient (Wildman–Crippen LogP) is 1.77. The molecule has 0 radical (unpaired) electrons. The molecule has 1 rings (SSSR count). The fourth-order valence-corrected chi connectivity index (χ4v) is 2.73. The summed E-state index contributed by atoms with van der Waals surface area (Å²) in [6, 6.07) is 3.97. The Morgan fingerprint density at radius 1 is 1.43 bits per heavy atom. The molecule has 0 aromatic heterocycles. The molecule has 1 N–H and O–H groups in total. The number of ether oxygens (including phenoxy) is 2.